The lowest BCUT2D eigenvalue weighted by atomic mass is 10.0. The van der Waals surface area contributed by atoms with E-state index in [0.717, 1.165) is 45.1 Å². The minimum absolute atomic E-state index is 0.0700. The molecule has 8 heteroatoms. The smallest absolute Gasteiger partial charge is 0.303 e. The second kappa shape index (κ2) is 9.50. The van der Waals surface area contributed by atoms with E-state index in [1.165, 1.54) is 0 Å². The van der Waals surface area contributed by atoms with Gasteiger partial charge < -0.3 is 15.2 Å². The summed E-state index contributed by atoms with van der Waals surface area (Å²) in [5.41, 5.74) is 7.50. The Morgan fingerprint density at radius 1 is 1.07 bits per heavy atom. The van der Waals surface area contributed by atoms with Crippen LogP contribution in [0.4, 0.5) is 0 Å². The van der Waals surface area contributed by atoms with Gasteiger partial charge in [-0.1, -0.05) is 31.9 Å². The Hall–Kier alpha value is -1.67. The molecule has 0 saturated carbocycles. The molecular weight excluding hydrogens is 480 g/mol. The van der Waals surface area contributed by atoms with Crippen molar-refractivity contribution in [1.82, 2.24) is 4.98 Å². The maximum atomic E-state index is 10.9. The molecule has 0 radical (unpaired) electrons. The summed E-state index contributed by atoms with van der Waals surface area (Å²) in [7, 11) is 0. The number of aromatic amines is 1. The van der Waals surface area contributed by atoms with Gasteiger partial charge in [0.1, 0.15) is 0 Å². The molecule has 0 spiro atoms. The van der Waals surface area contributed by atoms with E-state index in [1.807, 2.05) is 19.9 Å². The summed E-state index contributed by atoms with van der Waals surface area (Å²) in [6.07, 6.45) is 3.02. The van der Waals surface area contributed by atoms with Gasteiger partial charge in [0.15, 0.2) is 0 Å². The van der Waals surface area contributed by atoms with Crippen molar-refractivity contribution in [3.63, 3.8) is 0 Å². The van der Waals surface area contributed by atoms with Gasteiger partial charge in [-0.15, -0.1) is 0 Å². The monoisotopic (exact) mass is 500 g/mol. The first-order chi connectivity index (χ1) is 12.8. The molecule has 0 atom stereocenters. The number of carbonyl (C=O) groups is 2. The topological polar surface area (TPSA) is 103 Å². The number of halogens is 2. The van der Waals surface area contributed by atoms with Crippen molar-refractivity contribution in [2.24, 2.45) is 4.99 Å². The van der Waals surface area contributed by atoms with Crippen LogP contribution in [-0.4, -0.2) is 38.2 Å². The van der Waals surface area contributed by atoms with Crippen LogP contribution in [0.5, 0.6) is 0 Å². The summed E-state index contributed by atoms with van der Waals surface area (Å²) in [6, 6.07) is 0. The third kappa shape index (κ3) is 5.19. The number of alkyl halides is 2. The van der Waals surface area contributed by atoms with Crippen LogP contribution in [0.25, 0.3) is 6.08 Å². The highest BCUT2D eigenvalue weighted by Gasteiger charge is 2.22. The number of carboxylic acids is 2. The Morgan fingerprint density at radius 2 is 1.70 bits per heavy atom. The zero-order chi connectivity index (χ0) is 20.1. The van der Waals surface area contributed by atoms with Crippen LogP contribution in [0.1, 0.15) is 48.7 Å². The van der Waals surface area contributed by atoms with Crippen LogP contribution in [0.15, 0.2) is 21.8 Å². The van der Waals surface area contributed by atoms with Crippen molar-refractivity contribution in [2.75, 3.05) is 5.33 Å². The van der Waals surface area contributed by atoms with Crippen molar-refractivity contribution in [3.05, 3.63) is 39.4 Å². The molecule has 27 heavy (non-hydrogen) atoms. The molecule has 0 saturated heterocycles. The molecule has 0 amide bonds. The molecule has 2 heterocycles. The zero-order valence-electron chi connectivity index (χ0n) is 15.2. The first-order valence-corrected chi connectivity index (χ1v) is 10.8. The van der Waals surface area contributed by atoms with E-state index >= 15 is 0 Å². The fourth-order valence-corrected chi connectivity index (χ4v) is 4.11. The largest absolute Gasteiger partial charge is 0.481 e. The summed E-state index contributed by atoms with van der Waals surface area (Å²) in [5.74, 6) is -1.65. The van der Waals surface area contributed by atoms with E-state index in [0.29, 0.717) is 23.5 Å². The van der Waals surface area contributed by atoms with E-state index in [1.54, 1.807) is 0 Å². The number of nitrogens with one attached hydrogen (secondary N) is 1. The van der Waals surface area contributed by atoms with Gasteiger partial charge in [0.25, 0.3) is 0 Å². The number of hydrogen-bond donors (Lipinski definition) is 3. The van der Waals surface area contributed by atoms with Crippen molar-refractivity contribution in [3.8, 4) is 0 Å². The van der Waals surface area contributed by atoms with Crippen molar-refractivity contribution >= 4 is 55.6 Å². The number of allylic oxidation sites excluding steroid dienone is 2. The highest BCUT2D eigenvalue weighted by Crippen LogP contribution is 2.32. The van der Waals surface area contributed by atoms with Crippen LogP contribution in [0, 0.1) is 6.92 Å². The van der Waals surface area contributed by atoms with Gasteiger partial charge >= 0.3 is 11.9 Å². The number of rotatable bonds is 9. The lowest BCUT2D eigenvalue weighted by Gasteiger charge is -2.04. The number of aliphatic imine (C=N–C) groups is 1. The maximum absolute atomic E-state index is 10.9. The average molecular weight is 502 g/mol. The first kappa shape index (κ1) is 21.6. The molecule has 1 aromatic rings. The number of H-pyrrole nitrogens is 1. The molecule has 146 valence electrons. The molecule has 1 aromatic heterocycles. The number of aliphatic carboxylic acids is 2. The highest BCUT2D eigenvalue weighted by atomic mass is 79.9. The van der Waals surface area contributed by atoms with Crippen LogP contribution >= 0.6 is 31.9 Å². The molecule has 3 N–H and O–H groups in total. The Labute approximate surface area is 174 Å². The van der Waals surface area contributed by atoms with E-state index in [9.17, 15) is 9.59 Å². The van der Waals surface area contributed by atoms with Crippen LogP contribution in [0.2, 0.25) is 0 Å². The van der Waals surface area contributed by atoms with Crippen molar-refractivity contribution < 1.29 is 19.8 Å². The van der Waals surface area contributed by atoms with E-state index in [4.69, 9.17) is 10.2 Å². The van der Waals surface area contributed by atoms with E-state index in [2.05, 4.69) is 41.8 Å². The van der Waals surface area contributed by atoms with Gasteiger partial charge in [0.05, 0.1) is 11.4 Å². The molecule has 2 rings (SSSR count). The molecule has 0 fully saturated rings. The Bertz CT molecular complexity index is 850. The van der Waals surface area contributed by atoms with Crippen molar-refractivity contribution in [2.45, 2.75) is 44.9 Å². The molecule has 0 unspecified atom stereocenters. The van der Waals surface area contributed by atoms with Crippen LogP contribution < -0.4 is 0 Å². The van der Waals surface area contributed by atoms with Crippen molar-refractivity contribution in [1.29, 1.82) is 0 Å². The Morgan fingerprint density at radius 3 is 2.26 bits per heavy atom. The molecule has 1 aliphatic heterocycles. The first-order valence-electron chi connectivity index (χ1n) is 8.54. The fourth-order valence-electron chi connectivity index (χ4n) is 3.17. The second-order valence-corrected chi connectivity index (χ2v) is 7.49. The van der Waals surface area contributed by atoms with Gasteiger partial charge in [0, 0.05) is 34.9 Å². The lowest BCUT2D eigenvalue weighted by Crippen LogP contribution is -2.05. The third-order valence-electron chi connectivity index (χ3n) is 4.67. The Kier molecular flexibility index (Phi) is 7.61. The van der Waals surface area contributed by atoms with Gasteiger partial charge in [-0.05, 0) is 55.0 Å². The molecule has 0 bridgehead atoms. The summed E-state index contributed by atoms with van der Waals surface area (Å²) in [5, 5.41) is 19.1. The van der Waals surface area contributed by atoms with Gasteiger partial charge in [-0.2, -0.15) is 0 Å². The molecule has 1 aliphatic rings. The minimum Gasteiger partial charge on any atom is -0.481 e. The third-order valence-corrected chi connectivity index (χ3v) is 5.76. The highest BCUT2D eigenvalue weighted by molar-refractivity contribution is 9.09. The number of hydrogen-bond acceptors (Lipinski definition) is 3. The van der Waals surface area contributed by atoms with Crippen LogP contribution in [-0.2, 0) is 21.3 Å². The number of nitrogens with zero attached hydrogens (tertiary/aromatic N) is 1. The van der Waals surface area contributed by atoms with E-state index in [-0.39, 0.29) is 12.8 Å². The van der Waals surface area contributed by atoms with Crippen LogP contribution in [0.3, 0.4) is 0 Å². The van der Waals surface area contributed by atoms with E-state index < -0.39 is 11.9 Å². The van der Waals surface area contributed by atoms with Gasteiger partial charge in [-0.3, -0.25) is 14.6 Å². The molecule has 0 aromatic carbocycles. The Balaban J connectivity index is 2.39. The summed E-state index contributed by atoms with van der Waals surface area (Å²) in [6.45, 7) is 3.93. The SMILES string of the molecule is CC1=C(CCC(=O)O)C(CBr)=N/C1=C\c1[nH]c(CBr)c(CCC(=O)O)c1C. The molecule has 0 aliphatic carbocycles. The molecule has 6 nitrogen and oxygen atoms in total. The second-order valence-electron chi connectivity index (χ2n) is 6.37. The quantitative estimate of drug-likeness (QED) is 0.430. The average Bonchev–Trinajstić information content (AvgIpc) is 3.08. The normalized spacial score (nSPS) is 15.6. The predicted molar refractivity (Wildman–Crippen MR) is 113 cm³/mol. The number of aromatic nitrogens is 1. The maximum Gasteiger partial charge on any atom is 0.303 e. The fraction of sp³-hybridized carbons (Fsp3) is 0.421. The van der Waals surface area contributed by atoms with Gasteiger partial charge in [0.2, 0.25) is 0 Å². The summed E-state index contributed by atoms with van der Waals surface area (Å²) < 4.78 is 0. The summed E-state index contributed by atoms with van der Waals surface area (Å²) in [4.78, 5) is 29.9. The predicted octanol–water partition coefficient (Wildman–Crippen LogP) is 4.61. The molecular formula is C19H22Br2N2O4. The zero-order valence-corrected chi connectivity index (χ0v) is 18.4. The summed E-state index contributed by atoms with van der Waals surface area (Å²) >= 11 is 6.88. The lowest BCUT2D eigenvalue weighted by molar-refractivity contribution is -0.137. The standard InChI is InChI=1S/C19H22Br2N2O4/c1-10-12(3-5-18(24)25)16(8-20)22-14(10)7-15-11(2)13(4-6-19(26)27)17(9-21)23-15/h7,22H,3-6,8-9H2,1-2H3,(H,24,25)(H,26,27)/b15-7-. The number of carboxylic acid groups (broad SMARTS) is 2. The minimum atomic E-state index is -0.827. The van der Waals surface area contributed by atoms with Gasteiger partial charge in [-0.25, -0.2) is 0 Å².